The van der Waals surface area contributed by atoms with E-state index in [1.54, 1.807) is 0 Å². The molecular weight excluding hydrogens is 238 g/mol. The van der Waals surface area contributed by atoms with Gasteiger partial charge in [-0.1, -0.05) is 0 Å². The van der Waals surface area contributed by atoms with Crippen LogP contribution in [-0.4, -0.2) is 24.4 Å². The first-order valence-electron chi connectivity index (χ1n) is 3.57. The van der Waals surface area contributed by atoms with Crippen molar-refractivity contribution >= 4 is 19.7 Å². The van der Waals surface area contributed by atoms with E-state index in [0.717, 1.165) is 10.8 Å². The van der Waals surface area contributed by atoms with Crippen LogP contribution in [0.1, 0.15) is 5.82 Å². The third-order valence-electron chi connectivity index (χ3n) is 1.54. The molecule has 0 bridgehead atoms. The summed E-state index contributed by atoms with van der Waals surface area (Å²) in [5.41, 5.74) is 0. The molecule has 0 spiro atoms. The van der Waals surface area contributed by atoms with Crippen LogP contribution in [0.4, 0.5) is 8.78 Å². The molecule has 0 aliphatic heterocycles. The Labute approximate surface area is 83.9 Å². The topological polar surface area (TPSA) is 52.0 Å². The van der Waals surface area contributed by atoms with Crippen LogP contribution in [0.15, 0.2) is 11.2 Å². The van der Waals surface area contributed by atoms with E-state index in [1.807, 2.05) is 0 Å². The number of halogens is 3. The third kappa shape index (κ3) is 2.65. The lowest BCUT2D eigenvalue weighted by molar-refractivity contribution is 0.125. The summed E-state index contributed by atoms with van der Waals surface area (Å²) in [6, 6.07) is 0. The summed E-state index contributed by atoms with van der Waals surface area (Å²) in [6.45, 7) is 0.833. The van der Waals surface area contributed by atoms with Crippen LogP contribution in [-0.2, 0) is 15.6 Å². The smallest absolute Gasteiger partial charge is 0.280 e. The van der Waals surface area contributed by atoms with Crippen molar-refractivity contribution in [3.8, 4) is 0 Å². The maximum atomic E-state index is 12.0. The SMILES string of the molecule is Cc1nc(S(=O)(=O)Cl)cn1CC(F)F. The van der Waals surface area contributed by atoms with Gasteiger partial charge in [-0.05, 0) is 6.92 Å². The van der Waals surface area contributed by atoms with Gasteiger partial charge in [0.25, 0.3) is 15.5 Å². The number of hydrogen-bond acceptors (Lipinski definition) is 3. The lowest BCUT2D eigenvalue weighted by Gasteiger charge is -2.01. The second-order valence-corrected chi connectivity index (χ2v) is 5.12. The molecule has 1 heterocycles. The zero-order valence-electron chi connectivity index (χ0n) is 7.11. The summed E-state index contributed by atoms with van der Waals surface area (Å²) in [5, 5.41) is -0.405. The Morgan fingerprint density at radius 2 is 2.21 bits per heavy atom. The molecule has 0 saturated carbocycles. The average Bonchev–Trinajstić information content (AvgIpc) is 2.30. The number of nitrogens with zero attached hydrogens (tertiary/aromatic N) is 2. The molecule has 4 nitrogen and oxygen atoms in total. The first kappa shape index (κ1) is 11.4. The van der Waals surface area contributed by atoms with Gasteiger partial charge in [-0.25, -0.2) is 22.2 Å². The van der Waals surface area contributed by atoms with Crippen LogP contribution in [0, 0.1) is 6.92 Å². The second kappa shape index (κ2) is 3.82. The molecule has 0 saturated heterocycles. The van der Waals surface area contributed by atoms with Crippen LogP contribution < -0.4 is 0 Å². The number of imidazole rings is 1. The zero-order chi connectivity index (χ0) is 10.9. The molecule has 0 unspecified atom stereocenters. The first-order valence-corrected chi connectivity index (χ1v) is 5.88. The van der Waals surface area contributed by atoms with Gasteiger partial charge in [0, 0.05) is 16.9 Å². The highest BCUT2D eigenvalue weighted by Crippen LogP contribution is 2.14. The Balaban J connectivity index is 3.06. The largest absolute Gasteiger partial charge is 0.328 e. The van der Waals surface area contributed by atoms with Crippen LogP contribution in [0.2, 0.25) is 0 Å². The van der Waals surface area contributed by atoms with Crippen LogP contribution in [0.3, 0.4) is 0 Å². The minimum Gasteiger partial charge on any atom is -0.328 e. The van der Waals surface area contributed by atoms with E-state index in [4.69, 9.17) is 10.7 Å². The molecule has 0 radical (unpaired) electrons. The van der Waals surface area contributed by atoms with Gasteiger partial charge in [0.1, 0.15) is 5.82 Å². The molecule has 8 heteroatoms. The Morgan fingerprint density at radius 3 is 2.57 bits per heavy atom. The highest BCUT2D eigenvalue weighted by atomic mass is 35.7. The molecule has 14 heavy (non-hydrogen) atoms. The van der Waals surface area contributed by atoms with Gasteiger partial charge in [-0.15, -0.1) is 0 Å². The van der Waals surface area contributed by atoms with Crippen molar-refractivity contribution in [3.05, 3.63) is 12.0 Å². The van der Waals surface area contributed by atoms with E-state index in [1.165, 1.54) is 6.92 Å². The van der Waals surface area contributed by atoms with E-state index >= 15 is 0 Å². The Morgan fingerprint density at radius 1 is 1.64 bits per heavy atom. The summed E-state index contributed by atoms with van der Waals surface area (Å²) in [6.07, 6.45) is -1.57. The fourth-order valence-corrected chi connectivity index (χ4v) is 1.65. The average molecular weight is 245 g/mol. The summed E-state index contributed by atoms with van der Waals surface area (Å²) in [5.74, 6) is 0.185. The van der Waals surface area contributed by atoms with Gasteiger partial charge in [0.15, 0.2) is 5.03 Å². The van der Waals surface area contributed by atoms with Crippen molar-refractivity contribution in [1.29, 1.82) is 0 Å². The minimum absolute atomic E-state index is 0.185. The Hall–Kier alpha value is -0.690. The maximum Gasteiger partial charge on any atom is 0.280 e. The lowest BCUT2D eigenvalue weighted by atomic mass is 10.6. The predicted octanol–water partition coefficient (Wildman–Crippen LogP) is 1.38. The Kier molecular flexibility index (Phi) is 3.10. The van der Waals surface area contributed by atoms with Gasteiger partial charge in [-0.3, -0.25) is 0 Å². The standard InChI is InChI=1S/C6H7ClF2N2O2S/c1-4-10-6(14(7,12)13)3-11(4)2-5(8)9/h3,5H,2H2,1H3. The van der Waals surface area contributed by atoms with Crippen molar-refractivity contribution in [1.82, 2.24) is 9.55 Å². The van der Waals surface area contributed by atoms with E-state index in [2.05, 4.69) is 4.98 Å². The highest BCUT2D eigenvalue weighted by Gasteiger charge is 2.17. The summed E-state index contributed by atoms with van der Waals surface area (Å²) >= 11 is 0. The van der Waals surface area contributed by atoms with Gasteiger partial charge < -0.3 is 4.57 Å². The molecule has 0 aliphatic carbocycles. The third-order valence-corrected chi connectivity index (χ3v) is 2.71. The molecule has 1 aromatic rings. The van der Waals surface area contributed by atoms with Gasteiger partial charge in [0.2, 0.25) is 0 Å². The van der Waals surface area contributed by atoms with Crippen molar-refractivity contribution in [2.45, 2.75) is 24.9 Å². The van der Waals surface area contributed by atoms with Gasteiger partial charge in [-0.2, -0.15) is 0 Å². The molecule has 1 aromatic heterocycles. The predicted molar refractivity (Wildman–Crippen MR) is 46.0 cm³/mol. The fourth-order valence-electron chi connectivity index (χ4n) is 0.930. The monoisotopic (exact) mass is 244 g/mol. The molecule has 0 aromatic carbocycles. The summed E-state index contributed by atoms with van der Waals surface area (Å²) in [7, 11) is 1.04. The number of hydrogen-bond donors (Lipinski definition) is 0. The number of rotatable bonds is 3. The van der Waals surface area contributed by atoms with E-state index < -0.39 is 27.0 Å². The van der Waals surface area contributed by atoms with E-state index in [-0.39, 0.29) is 5.82 Å². The number of alkyl halides is 2. The zero-order valence-corrected chi connectivity index (χ0v) is 8.69. The molecule has 80 valence electrons. The molecule has 1 rings (SSSR count). The van der Waals surface area contributed by atoms with Gasteiger partial charge in [0.05, 0.1) is 6.54 Å². The number of aromatic nitrogens is 2. The summed E-state index contributed by atoms with van der Waals surface area (Å²) < 4.78 is 46.6. The minimum atomic E-state index is -3.94. The molecular formula is C6H7ClF2N2O2S. The van der Waals surface area contributed by atoms with Gasteiger partial charge >= 0.3 is 0 Å². The normalized spacial score (nSPS) is 12.4. The van der Waals surface area contributed by atoms with Crippen molar-refractivity contribution in [2.24, 2.45) is 0 Å². The molecule has 0 atom stereocenters. The second-order valence-electron chi connectivity index (χ2n) is 2.61. The molecule has 0 fully saturated rings. The molecule has 0 aliphatic rings. The summed E-state index contributed by atoms with van der Waals surface area (Å²) in [4.78, 5) is 3.54. The number of aryl methyl sites for hydroxylation is 1. The van der Waals surface area contributed by atoms with Crippen molar-refractivity contribution < 1.29 is 17.2 Å². The molecule has 0 N–H and O–H groups in total. The quantitative estimate of drug-likeness (QED) is 0.755. The van der Waals surface area contributed by atoms with Crippen molar-refractivity contribution in [3.63, 3.8) is 0 Å². The van der Waals surface area contributed by atoms with E-state index in [0.29, 0.717) is 0 Å². The van der Waals surface area contributed by atoms with Crippen LogP contribution >= 0.6 is 10.7 Å². The fraction of sp³-hybridized carbons (Fsp3) is 0.500. The van der Waals surface area contributed by atoms with Crippen LogP contribution in [0.25, 0.3) is 0 Å². The highest BCUT2D eigenvalue weighted by molar-refractivity contribution is 8.13. The van der Waals surface area contributed by atoms with E-state index in [9.17, 15) is 17.2 Å². The maximum absolute atomic E-state index is 12.0. The lowest BCUT2D eigenvalue weighted by Crippen LogP contribution is -2.06. The first-order chi connectivity index (χ1) is 6.30. The van der Waals surface area contributed by atoms with Crippen LogP contribution in [0.5, 0.6) is 0 Å². The van der Waals surface area contributed by atoms with Crippen molar-refractivity contribution in [2.75, 3.05) is 0 Å². The molecule has 0 amide bonds. The Bertz CT molecular complexity index is 429.